The topological polar surface area (TPSA) is 62.2 Å². The Kier molecular flexibility index (Phi) is 6.11. The summed E-state index contributed by atoms with van der Waals surface area (Å²) in [5.41, 5.74) is 5.05. The minimum atomic E-state index is -1.89. The summed E-state index contributed by atoms with van der Waals surface area (Å²) in [6.07, 6.45) is 0. The van der Waals surface area contributed by atoms with E-state index in [1.165, 1.54) is 16.7 Å². The third-order valence-corrected chi connectivity index (χ3v) is 6.50. The number of hydrogen-bond donors (Lipinski definition) is 2. The van der Waals surface area contributed by atoms with Crippen molar-refractivity contribution in [2.75, 3.05) is 7.11 Å². The lowest BCUT2D eigenvalue weighted by Gasteiger charge is -2.43. The summed E-state index contributed by atoms with van der Waals surface area (Å²) >= 11 is 0. The van der Waals surface area contributed by atoms with Gasteiger partial charge in [0.25, 0.3) is 0 Å². The van der Waals surface area contributed by atoms with Crippen LogP contribution >= 0.6 is 0 Å². The predicted octanol–water partition coefficient (Wildman–Crippen LogP) is 4.35. The summed E-state index contributed by atoms with van der Waals surface area (Å²) in [7, 11) is -0.270. The first-order valence-corrected chi connectivity index (χ1v) is 11.3. The summed E-state index contributed by atoms with van der Waals surface area (Å²) in [5.74, 6) is 1.02. The van der Waals surface area contributed by atoms with Gasteiger partial charge < -0.3 is 19.4 Å². The van der Waals surface area contributed by atoms with Gasteiger partial charge >= 0.3 is 7.32 Å². The zero-order valence-corrected chi connectivity index (χ0v) is 19.0. The number of nitrogens with zero attached hydrogens (tertiary/aromatic N) is 1. The van der Waals surface area contributed by atoms with Crippen LogP contribution in [0, 0.1) is 0 Å². The number of fused-ring (bicyclic) bond motifs is 1. The zero-order chi connectivity index (χ0) is 23.5. The molecule has 34 heavy (non-hydrogen) atoms. The van der Waals surface area contributed by atoms with Crippen LogP contribution < -0.4 is 9.39 Å². The van der Waals surface area contributed by atoms with Gasteiger partial charge in [-0.25, -0.2) is 0 Å². The molecule has 2 N–H and O–H groups in total. The molecule has 0 saturated heterocycles. The van der Waals surface area contributed by atoms with Crippen molar-refractivity contribution in [1.82, 2.24) is 4.90 Å². The molecule has 0 bridgehead atoms. The van der Waals surface area contributed by atoms with Crippen molar-refractivity contribution < 1.29 is 19.4 Å². The van der Waals surface area contributed by atoms with E-state index in [0.717, 1.165) is 11.1 Å². The smallest absolute Gasteiger partial charge is 0.512 e. The SMILES string of the molecule is COc1cc(OB(O)O)cc2c1CN(C(c1ccccc1)(c1ccccc1)c1ccccc1)C2. The summed E-state index contributed by atoms with van der Waals surface area (Å²) in [6.45, 7) is 1.28. The largest absolute Gasteiger partial charge is 0.707 e. The third-order valence-electron chi connectivity index (χ3n) is 6.50. The molecule has 0 saturated carbocycles. The number of benzene rings is 4. The first kappa shape index (κ1) is 22.2. The van der Waals surface area contributed by atoms with Crippen molar-refractivity contribution in [2.24, 2.45) is 0 Å². The highest BCUT2D eigenvalue weighted by molar-refractivity contribution is 6.33. The van der Waals surface area contributed by atoms with Crippen molar-refractivity contribution in [2.45, 2.75) is 18.6 Å². The van der Waals surface area contributed by atoms with Gasteiger partial charge in [0.1, 0.15) is 11.5 Å². The van der Waals surface area contributed by atoms with Gasteiger partial charge in [0, 0.05) is 24.7 Å². The second kappa shape index (κ2) is 9.35. The van der Waals surface area contributed by atoms with E-state index in [2.05, 4.69) is 77.7 Å². The Hall–Kier alpha value is -3.58. The second-order valence-electron chi connectivity index (χ2n) is 8.37. The van der Waals surface area contributed by atoms with Crippen molar-refractivity contribution in [3.63, 3.8) is 0 Å². The fourth-order valence-corrected chi connectivity index (χ4v) is 5.14. The van der Waals surface area contributed by atoms with Crippen molar-refractivity contribution in [3.05, 3.63) is 131 Å². The normalized spacial score (nSPS) is 13.4. The molecule has 0 amide bonds. The molecule has 4 aromatic rings. The average Bonchev–Trinajstić information content (AvgIpc) is 3.30. The molecule has 6 heteroatoms. The van der Waals surface area contributed by atoms with Crippen molar-refractivity contribution in [1.29, 1.82) is 0 Å². The number of hydrogen-bond acceptors (Lipinski definition) is 5. The van der Waals surface area contributed by atoms with E-state index in [1.54, 1.807) is 13.2 Å². The highest BCUT2D eigenvalue weighted by Crippen LogP contribution is 2.48. The van der Waals surface area contributed by atoms with Gasteiger partial charge in [-0.3, -0.25) is 4.90 Å². The van der Waals surface area contributed by atoms with Gasteiger partial charge in [0.05, 0.1) is 12.6 Å². The summed E-state index contributed by atoms with van der Waals surface area (Å²) in [4.78, 5) is 2.44. The van der Waals surface area contributed by atoms with E-state index < -0.39 is 12.9 Å². The molecule has 0 unspecified atom stereocenters. The number of methoxy groups -OCH3 is 1. The summed E-state index contributed by atoms with van der Waals surface area (Å²) in [5, 5.41) is 18.7. The lowest BCUT2D eigenvalue weighted by Crippen LogP contribution is -2.45. The maximum atomic E-state index is 9.33. The van der Waals surface area contributed by atoms with Crippen molar-refractivity contribution in [3.8, 4) is 11.5 Å². The molecule has 1 heterocycles. The molecule has 0 radical (unpaired) electrons. The van der Waals surface area contributed by atoms with Gasteiger partial charge in [0.2, 0.25) is 0 Å². The Morgan fingerprint density at radius 1 is 0.735 bits per heavy atom. The Morgan fingerprint density at radius 3 is 1.68 bits per heavy atom. The second-order valence-corrected chi connectivity index (χ2v) is 8.37. The van der Waals surface area contributed by atoms with Gasteiger partial charge in [-0.05, 0) is 28.3 Å². The fraction of sp³-hybridized carbons (Fsp3) is 0.143. The van der Waals surface area contributed by atoms with E-state index in [4.69, 9.17) is 9.39 Å². The van der Waals surface area contributed by atoms with Gasteiger partial charge in [0.15, 0.2) is 0 Å². The highest BCUT2D eigenvalue weighted by Gasteiger charge is 2.45. The molecule has 5 rings (SSSR count). The molecule has 4 aromatic carbocycles. The van der Waals surface area contributed by atoms with E-state index in [-0.39, 0.29) is 0 Å². The number of ether oxygens (including phenoxy) is 1. The van der Waals surface area contributed by atoms with Crippen molar-refractivity contribution >= 4 is 7.32 Å². The van der Waals surface area contributed by atoms with Gasteiger partial charge in [-0.1, -0.05) is 91.0 Å². The predicted molar refractivity (Wildman–Crippen MR) is 132 cm³/mol. The lowest BCUT2D eigenvalue weighted by molar-refractivity contribution is 0.156. The van der Waals surface area contributed by atoms with Gasteiger partial charge in [-0.2, -0.15) is 0 Å². The molecule has 0 aliphatic carbocycles. The van der Waals surface area contributed by atoms with E-state index in [1.807, 2.05) is 24.3 Å². The maximum absolute atomic E-state index is 9.33. The lowest BCUT2D eigenvalue weighted by atomic mass is 9.75. The number of rotatable bonds is 7. The zero-order valence-electron chi connectivity index (χ0n) is 19.0. The fourth-order valence-electron chi connectivity index (χ4n) is 5.14. The molecule has 0 fully saturated rings. The summed E-state index contributed by atoms with van der Waals surface area (Å²) in [6, 6.07) is 35.2. The van der Waals surface area contributed by atoms with Crippen LogP contribution in [0.4, 0.5) is 0 Å². The van der Waals surface area contributed by atoms with E-state index >= 15 is 0 Å². The molecule has 170 valence electrons. The maximum Gasteiger partial charge on any atom is 0.707 e. The molecular formula is C28H26BNO4. The van der Waals surface area contributed by atoms with Crippen LogP contribution in [0.3, 0.4) is 0 Å². The first-order valence-electron chi connectivity index (χ1n) is 11.3. The Labute approximate surface area is 200 Å². The monoisotopic (exact) mass is 451 g/mol. The first-order chi connectivity index (χ1) is 16.6. The minimum Gasteiger partial charge on any atom is -0.512 e. The van der Waals surface area contributed by atoms with E-state index in [0.29, 0.717) is 24.6 Å². The van der Waals surface area contributed by atoms with Crippen LogP contribution in [-0.2, 0) is 18.6 Å². The Bertz CT molecular complexity index is 1150. The quantitative estimate of drug-likeness (QED) is 0.323. The molecule has 0 aromatic heterocycles. The molecule has 0 atom stereocenters. The van der Waals surface area contributed by atoms with Crippen LogP contribution in [0.2, 0.25) is 0 Å². The Morgan fingerprint density at radius 2 is 1.24 bits per heavy atom. The van der Waals surface area contributed by atoms with Crippen LogP contribution in [0.25, 0.3) is 0 Å². The molecular weight excluding hydrogens is 425 g/mol. The van der Waals surface area contributed by atoms with Crippen LogP contribution in [-0.4, -0.2) is 29.4 Å². The average molecular weight is 451 g/mol. The molecule has 5 nitrogen and oxygen atoms in total. The summed E-state index contributed by atoms with van der Waals surface area (Å²) < 4.78 is 10.9. The van der Waals surface area contributed by atoms with E-state index in [9.17, 15) is 10.0 Å². The minimum absolute atomic E-state index is 0.359. The molecule has 0 spiro atoms. The molecule has 1 aliphatic rings. The standard InChI is InChI=1S/C28H26BNO4/c1-33-27-18-25(34-29(31)32)17-21-19-30(20-26(21)27)28(22-11-5-2-6-12-22,23-13-7-3-8-14-23)24-15-9-4-10-16-24/h2-18,31-32H,19-20H2,1H3. The Balaban J connectivity index is 1.72. The molecule has 1 aliphatic heterocycles. The van der Waals surface area contributed by atoms with Gasteiger partial charge in [-0.15, -0.1) is 0 Å². The van der Waals surface area contributed by atoms with Crippen LogP contribution in [0.1, 0.15) is 27.8 Å². The highest BCUT2D eigenvalue weighted by atomic mass is 16.6. The van der Waals surface area contributed by atoms with Crippen LogP contribution in [0.5, 0.6) is 11.5 Å². The van der Waals surface area contributed by atoms with Crippen LogP contribution in [0.15, 0.2) is 103 Å². The third kappa shape index (κ3) is 3.86.